The van der Waals surface area contributed by atoms with Crippen LogP contribution in [-0.4, -0.2) is 22.8 Å². The number of aromatic nitrogens is 1. The number of nitrogens with one attached hydrogen (secondary N) is 1. The molecule has 0 spiro atoms. The van der Waals surface area contributed by atoms with Crippen LogP contribution < -0.4 is 10.1 Å². The van der Waals surface area contributed by atoms with E-state index in [1.165, 1.54) is 17.4 Å². The van der Waals surface area contributed by atoms with Crippen molar-refractivity contribution in [2.24, 2.45) is 5.92 Å². The molecule has 1 N–H and O–H groups in total. The minimum absolute atomic E-state index is 0.163. The molecule has 24 heavy (non-hydrogen) atoms. The molecular weight excluding hydrogens is 395 g/mol. The summed E-state index contributed by atoms with van der Waals surface area (Å²) in [5.74, 6) is 0.372. The van der Waals surface area contributed by atoms with Crippen molar-refractivity contribution in [3.05, 3.63) is 28.4 Å². The van der Waals surface area contributed by atoms with Gasteiger partial charge in [0, 0.05) is 22.4 Å². The van der Waals surface area contributed by atoms with Crippen LogP contribution in [0.25, 0.3) is 11.3 Å². The normalized spacial score (nSPS) is 15.3. The molecule has 128 valence electrons. The summed E-state index contributed by atoms with van der Waals surface area (Å²) in [5, 5.41) is 5.25. The zero-order valence-electron chi connectivity index (χ0n) is 13.7. The number of rotatable bonds is 6. The van der Waals surface area contributed by atoms with Gasteiger partial charge in [-0.15, -0.1) is 11.3 Å². The lowest BCUT2D eigenvalue weighted by molar-refractivity contribution is -0.113. The number of alkyl halides is 1. The van der Waals surface area contributed by atoms with E-state index in [0.717, 1.165) is 16.7 Å². The average molecular weight is 413 g/mol. The number of anilines is 1. The molecule has 1 amide bonds. The van der Waals surface area contributed by atoms with Gasteiger partial charge >= 0.3 is 0 Å². The van der Waals surface area contributed by atoms with Crippen LogP contribution in [0.5, 0.6) is 5.75 Å². The van der Waals surface area contributed by atoms with Crippen molar-refractivity contribution in [2.45, 2.75) is 26.7 Å². The Morgan fingerprint density at radius 3 is 2.92 bits per heavy atom. The lowest BCUT2D eigenvalue weighted by Crippen LogP contribution is -2.11. The van der Waals surface area contributed by atoms with E-state index in [9.17, 15) is 9.18 Å². The van der Waals surface area contributed by atoms with Gasteiger partial charge < -0.3 is 10.1 Å². The summed E-state index contributed by atoms with van der Waals surface area (Å²) in [5.41, 5.74) is 3.48. The Kier molecular flexibility index (Phi) is 4.92. The molecule has 0 saturated carbocycles. The second-order valence-electron chi connectivity index (χ2n) is 6.21. The van der Waals surface area contributed by atoms with Crippen LogP contribution >= 0.6 is 27.3 Å². The minimum Gasteiger partial charge on any atom is -0.490 e. The number of ether oxygens (including phenoxy) is 1. The number of thiazole rings is 1. The Bertz CT molecular complexity index is 791. The molecule has 0 radical (unpaired) electrons. The maximum absolute atomic E-state index is 14.5. The van der Waals surface area contributed by atoms with Crippen molar-refractivity contribution in [1.29, 1.82) is 0 Å². The Balaban J connectivity index is 1.89. The predicted molar refractivity (Wildman–Crippen MR) is 97.8 cm³/mol. The monoisotopic (exact) mass is 412 g/mol. The fourth-order valence-corrected chi connectivity index (χ4v) is 3.51. The highest BCUT2D eigenvalue weighted by Crippen LogP contribution is 2.55. The first-order valence-corrected chi connectivity index (χ1v) is 9.73. The van der Waals surface area contributed by atoms with Crippen molar-refractivity contribution < 1.29 is 13.9 Å². The number of carbonyl (C=O) groups is 1. The zero-order chi connectivity index (χ0) is 17.4. The van der Waals surface area contributed by atoms with Gasteiger partial charge in [-0.2, -0.15) is 0 Å². The lowest BCUT2D eigenvalue weighted by Gasteiger charge is -2.10. The summed E-state index contributed by atoms with van der Waals surface area (Å²) in [4.78, 5) is 15.8. The van der Waals surface area contributed by atoms with E-state index < -0.39 is 0 Å². The summed E-state index contributed by atoms with van der Waals surface area (Å²) in [6.07, 6.45) is 0. The maximum atomic E-state index is 14.5. The first-order valence-electron chi connectivity index (χ1n) is 7.73. The molecule has 0 bridgehead atoms. The third kappa shape index (κ3) is 3.32. The number of nitrogens with zero attached hydrogens (tertiary/aromatic N) is 1. The third-order valence-electron chi connectivity index (χ3n) is 3.80. The standard InChI is InChI=1S/C17H18BrFN2O2S/c1-8(2)6-23-16-11(19)4-10(14-9(3)15(14)16)12-7-24-17(20-12)21-13(22)5-18/h4,7-9H,5-6H2,1-3H3,(H,20,21,22). The van der Waals surface area contributed by atoms with Gasteiger partial charge in [0.2, 0.25) is 5.91 Å². The van der Waals surface area contributed by atoms with Crippen LogP contribution in [-0.2, 0) is 4.79 Å². The number of benzene rings is 1. The van der Waals surface area contributed by atoms with Crippen LogP contribution in [0.1, 0.15) is 37.8 Å². The zero-order valence-corrected chi connectivity index (χ0v) is 16.1. The number of halogens is 2. The number of fused-ring (bicyclic) bond motifs is 1. The Labute approximate surface area is 152 Å². The largest absolute Gasteiger partial charge is 0.490 e. The number of hydrogen-bond donors (Lipinski definition) is 1. The molecule has 1 aliphatic carbocycles. The summed E-state index contributed by atoms with van der Waals surface area (Å²) in [7, 11) is 0. The van der Waals surface area contributed by atoms with E-state index in [4.69, 9.17) is 4.74 Å². The third-order valence-corrected chi connectivity index (χ3v) is 5.07. The molecule has 1 aromatic heterocycles. The molecule has 0 fully saturated rings. The summed E-state index contributed by atoms with van der Waals surface area (Å²) in [6.45, 7) is 6.60. The van der Waals surface area contributed by atoms with Gasteiger partial charge in [0.05, 0.1) is 17.6 Å². The fraction of sp³-hybridized carbons (Fsp3) is 0.412. The van der Waals surface area contributed by atoms with Gasteiger partial charge in [-0.05, 0) is 17.5 Å². The average Bonchev–Trinajstić information content (AvgIpc) is 2.98. The van der Waals surface area contributed by atoms with Gasteiger partial charge in [-0.1, -0.05) is 36.7 Å². The second-order valence-corrected chi connectivity index (χ2v) is 7.63. The fourth-order valence-electron chi connectivity index (χ4n) is 2.65. The molecule has 4 nitrogen and oxygen atoms in total. The number of carbonyl (C=O) groups excluding carboxylic acids is 1. The van der Waals surface area contributed by atoms with Crippen LogP contribution in [0.15, 0.2) is 11.4 Å². The predicted octanol–water partition coefficient (Wildman–Crippen LogP) is 4.78. The molecule has 1 atom stereocenters. The van der Waals surface area contributed by atoms with E-state index in [1.54, 1.807) is 0 Å². The lowest BCUT2D eigenvalue weighted by atomic mass is 10.1. The number of amides is 1. The maximum Gasteiger partial charge on any atom is 0.236 e. The molecule has 1 unspecified atom stereocenters. The van der Waals surface area contributed by atoms with Crippen LogP contribution in [0.4, 0.5) is 9.52 Å². The van der Waals surface area contributed by atoms with Crippen molar-refractivity contribution in [3.8, 4) is 17.0 Å². The van der Waals surface area contributed by atoms with Crippen molar-refractivity contribution in [3.63, 3.8) is 0 Å². The van der Waals surface area contributed by atoms with Crippen LogP contribution in [0, 0.1) is 11.7 Å². The summed E-state index contributed by atoms with van der Waals surface area (Å²) >= 11 is 4.42. The number of hydrogen-bond acceptors (Lipinski definition) is 4. The highest BCUT2D eigenvalue weighted by molar-refractivity contribution is 9.09. The van der Waals surface area contributed by atoms with Gasteiger partial charge in [0.25, 0.3) is 0 Å². The highest BCUT2D eigenvalue weighted by atomic mass is 79.9. The smallest absolute Gasteiger partial charge is 0.236 e. The van der Waals surface area contributed by atoms with Gasteiger partial charge in [-0.3, -0.25) is 4.79 Å². The Hall–Kier alpha value is -1.47. The van der Waals surface area contributed by atoms with Crippen molar-refractivity contribution >= 4 is 38.3 Å². The van der Waals surface area contributed by atoms with Gasteiger partial charge in [-0.25, -0.2) is 9.37 Å². The highest BCUT2D eigenvalue weighted by Gasteiger charge is 2.38. The van der Waals surface area contributed by atoms with E-state index in [2.05, 4.69) is 26.2 Å². The van der Waals surface area contributed by atoms with E-state index in [1.807, 2.05) is 26.2 Å². The molecule has 7 heteroatoms. The molecule has 0 saturated heterocycles. The summed E-state index contributed by atoms with van der Waals surface area (Å²) < 4.78 is 20.2. The van der Waals surface area contributed by atoms with E-state index in [-0.39, 0.29) is 23.0 Å². The van der Waals surface area contributed by atoms with Gasteiger partial charge in [0.1, 0.15) is 0 Å². The van der Waals surface area contributed by atoms with Crippen molar-refractivity contribution in [2.75, 3.05) is 17.3 Å². The molecule has 2 aromatic rings. The molecule has 1 aliphatic rings. The Morgan fingerprint density at radius 1 is 1.50 bits per heavy atom. The quantitative estimate of drug-likeness (QED) is 0.694. The second kappa shape index (κ2) is 6.80. The first kappa shape index (κ1) is 17.4. The molecule has 1 aromatic carbocycles. The Morgan fingerprint density at radius 2 is 2.25 bits per heavy atom. The first-order chi connectivity index (χ1) is 11.4. The van der Waals surface area contributed by atoms with Crippen LogP contribution in [0.3, 0.4) is 0 Å². The minimum atomic E-state index is -0.354. The van der Waals surface area contributed by atoms with Gasteiger partial charge in [0.15, 0.2) is 16.7 Å². The van der Waals surface area contributed by atoms with Crippen LogP contribution in [0.2, 0.25) is 0 Å². The summed E-state index contributed by atoms with van der Waals surface area (Å²) in [6, 6.07) is 1.49. The van der Waals surface area contributed by atoms with Crippen molar-refractivity contribution in [1.82, 2.24) is 4.98 Å². The molecule has 1 heterocycles. The molecule has 0 aliphatic heterocycles. The SMILES string of the molecule is CC(C)COc1c(F)cc(-c2csc(NC(=O)CBr)n2)c2c1C2C. The van der Waals surface area contributed by atoms with E-state index >= 15 is 0 Å². The topological polar surface area (TPSA) is 51.2 Å². The molecule has 3 rings (SSSR count). The van der Waals surface area contributed by atoms with E-state index in [0.29, 0.717) is 29.1 Å². The molecular formula is C17H18BrFN2O2S.